The molecule has 0 fully saturated rings. The van der Waals surface area contributed by atoms with Gasteiger partial charge in [0.15, 0.2) is 11.5 Å². The molecule has 0 aliphatic carbocycles. The van der Waals surface area contributed by atoms with Crippen LogP contribution in [0.5, 0.6) is 23.0 Å². The largest absolute Gasteiger partial charge is 0.497 e. The van der Waals surface area contributed by atoms with Crippen molar-refractivity contribution in [1.82, 2.24) is 5.32 Å². The molecule has 26 heavy (non-hydrogen) atoms. The van der Waals surface area contributed by atoms with E-state index in [0.717, 1.165) is 41.5 Å². The van der Waals surface area contributed by atoms with E-state index in [0.29, 0.717) is 13.2 Å². The Morgan fingerprint density at radius 1 is 0.885 bits per heavy atom. The highest BCUT2D eigenvalue weighted by atomic mass is 16.5. The van der Waals surface area contributed by atoms with E-state index in [1.54, 1.807) is 14.2 Å². The van der Waals surface area contributed by atoms with Gasteiger partial charge >= 0.3 is 0 Å². The van der Waals surface area contributed by atoms with E-state index in [-0.39, 0.29) is 6.04 Å². The second-order valence-corrected chi connectivity index (χ2v) is 6.11. The number of hydrogen-bond acceptors (Lipinski definition) is 5. The van der Waals surface area contributed by atoms with Gasteiger partial charge in [-0.3, -0.25) is 0 Å². The second kappa shape index (κ2) is 8.32. The molecule has 0 radical (unpaired) electrons. The molecule has 1 N–H and O–H groups in total. The Hall–Kier alpha value is -2.40. The van der Waals surface area contributed by atoms with Gasteiger partial charge in [-0.05, 0) is 55.7 Å². The van der Waals surface area contributed by atoms with Crippen LogP contribution in [0.3, 0.4) is 0 Å². The van der Waals surface area contributed by atoms with Crippen LogP contribution in [0, 0.1) is 0 Å². The molecule has 0 unspecified atom stereocenters. The molecule has 0 spiro atoms. The normalized spacial score (nSPS) is 15.9. The highest BCUT2D eigenvalue weighted by Gasteiger charge is 2.26. The molecule has 1 aliphatic heterocycles. The first-order valence-electron chi connectivity index (χ1n) is 9.09. The average molecular weight is 357 g/mol. The van der Waals surface area contributed by atoms with Gasteiger partial charge in [0.2, 0.25) is 0 Å². The Balaban J connectivity index is 2.07. The minimum absolute atomic E-state index is 0.0366. The number of nitrogens with one attached hydrogen (secondary N) is 1. The highest BCUT2D eigenvalue weighted by Crippen LogP contribution is 2.40. The first-order valence-corrected chi connectivity index (χ1v) is 9.09. The molecule has 5 heteroatoms. The van der Waals surface area contributed by atoms with Crippen molar-refractivity contribution in [3.63, 3.8) is 0 Å². The van der Waals surface area contributed by atoms with E-state index in [9.17, 15) is 0 Å². The Kier molecular flexibility index (Phi) is 5.89. The quantitative estimate of drug-likeness (QED) is 0.818. The van der Waals surface area contributed by atoms with Gasteiger partial charge in [-0.25, -0.2) is 0 Å². The third kappa shape index (κ3) is 3.58. The highest BCUT2D eigenvalue weighted by molar-refractivity contribution is 5.54. The van der Waals surface area contributed by atoms with Crippen LogP contribution in [0.1, 0.15) is 36.6 Å². The van der Waals surface area contributed by atoms with Gasteiger partial charge in [-0.2, -0.15) is 0 Å². The molecule has 140 valence electrons. The van der Waals surface area contributed by atoms with Crippen molar-refractivity contribution in [3.8, 4) is 23.0 Å². The van der Waals surface area contributed by atoms with Crippen LogP contribution in [-0.4, -0.2) is 34.0 Å². The number of hydrogen-bond donors (Lipinski definition) is 1. The zero-order chi connectivity index (χ0) is 18.5. The third-order valence-corrected chi connectivity index (χ3v) is 4.61. The molecule has 2 aromatic carbocycles. The number of rotatable bonds is 7. The first kappa shape index (κ1) is 18.4. The van der Waals surface area contributed by atoms with Gasteiger partial charge in [0.25, 0.3) is 0 Å². The standard InChI is InChI=1S/C21H27NO4/c1-5-25-19-11-14-9-10-22-21(17(14)13-20(19)26-6-2)16-8-7-15(23-3)12-18(16)24-4/h7-8,11-13,21-22H,5-6,9-10H2,1-4H3/t21-/m1/s1. The zero-order valence-corrected chi connectivity index (χ0v) is 15.9. The summed E-state index contributed by atoms with van der Waals surface area (Å²) < 4.78 is 22.6. The van der Waals surface area contributed by atoms with E-state index < -0.39 is 0 Å². The van der Waals surface area contributed by atoms with Crippen LogP contribution >= 0.6 is 0 Å². The van der Waals surface area contributed by atoms with E-state index in [4.69, 9.17) is 18.9 Å². The van der Waals surface area contributed by atoms with E-state index in [2.05, 4.69) is 23.5 Å². The van der Waals surface area contributed by atoms with Gasteiger partial charge in [0.1, 0.15) is 11.5 Å². The molecule has 2 aromatic rings. The van der Waals surface area contributed by atoms with Crippen molar-refractivity contribution in [2.45, 2.75) is 26.3 Å². The lowest BCUT2D eigenvalue weighted by Gasteiger charge is -2.29. The topological polar surface area (TPSA) is 49.0 Å². The molecule has 0 saturated carbocycles. The Morgan fingerprint density at radius 3 is 2.27 bits per heavy atom. The molecule has 1 atom stereocenters. The molecule has 1 heterocycles. The molecule has 0 aromatic heterocycles. The van der Waals surface area contributed by atoms with E-state index in [1.807, 2.05) is 26.0 Å². The monoisotopic (exact) mass is 357 g/mol. The molecule has 5 nitrogen and oxygen atoms in total. The summed E-state index contributed by atoms with van der Waals surface area (Å²) in [6.07, 6.45) is 0.955. The van der Waals surface area contributed by atoms with Crippen LogP contribution in [-0.2, 0) is 6.42 Å². The molecule has 0 amide bonds. The minimum Gasteiger partial charge on any atom is -0.497 e. The van der Waals surface area contributed by atoms with Crippen molar-refractivity contribution in [3.05, 3.63) is 47.0 Å². The summed E-state index contributed by atoms with van der Waals surface area (Å²) >= 11 is 0. The summed E-state index contributed by atoms with van der Waals surface area (Å²) in [4.78, 5) is 0. The van der Waals surface area contributed by atoms with Crippen LogP contribution in [0.2, 0.25) is 0 Å². The van der Waals surface area contributed by atoms with Gasteiger partial charge in [-0.1, -0.05) is 0 Å². The maximum atomic E-state index is 5.83. The lowest BCUT2D eigenvalue weighted by atomic mass is 9.89. The second-order valence-electron chi connectivity index (χ2n) is 6.11. The molecule has 1 aliphatic rings. The van der Waals surface area contributed by atoms with Crippen molar-refractivity contribution >= 4 is 0 Å². The van der Waals surface area contributed by atoms with E-state index >= 15 is 0 Å². The molecule has 0 saturated heterocycles. The fraction of sp³-hybridized carbons (Fsp3) is 0.429. The van der Waals surface area contributed by atoms with Crippen molar-refractivity contribution in [2.75, 3.05) is 34.0 Å². The maximum absolute atomic E-state index is 5.83. The summed E-state index contributed by atoms with van der Waals surface area (Å²) in [5, 5.41) is 3.61. The van der Waals surface area contributed by atoms with Gasteiger partial charge in [0, 0.05) is 18.2 Å². The van der Waals surface area contributed by atoms with Crippen molar-refractivity contribution < 1.29 is 18.9 Å². The summed E-state index contributed by atoms with van der Waals surface area (Å²) in [6.45, 7) is 6.08. The number of fused-ring (bicyclic) bond motifs is 1. The molecule has 0 bridgehead atoms. The fourth-order valence-electron chi connectivity index (χ4n) is 3.44. The number of benzene rings is 2. The number of methoxy groups -OCH3 is 2. The van der Waals surface area contributed by atoms with Crippen LogP contribution in [0.15, 0.2) is 30.3 Å². The van der Waals surface area contributed by atoms with Crippen LogP contribution in [0.25, 0.3) is 0 Å². The lowest BCUT2D eigenvalue weighted by molar-refractivity contribution is 0.286. The van der Waals surface area contributed by atoms with Gasteiger partial charge < -0.3 is 24.3 Å². The number of ether oxygens (including phenoxy) is 4. The SMILES string of the molecule is CCOc1cc2c(cc1OCC)[C@@H](c1ccc(OC)cc1OC)NCC2. The zero-order valence-electron chi connectivity index (χ0n) is 15.9. The van der Waals surface area contributed by atoms with Crippen LogP contribution in [0.4, 0.5) is 0 Å². The summed E-state index contributed by atoms with van der Waals surface area (Å²) in [6, 6.07) is 10.2. The maximum Gasteiger partial charge on any atom is 0.161 e. The van der Waals surface area contributed by atoms with Crippen molar-refractivity contribution in [1.29, 1.82) is 0 Å². The molecule has 3 rings (SSSR count). The van der Waals surface area contributed by atoms with Crippen molar-refractivity contribution in [2.24, 2.45) is 0 Å². The van der Waals surface area contributed by atoms with Gasteiger partial charge in [0.05, 0.1) is 33.5 Å². The smallest absolute Gasteiger partial charge is 0.161 e. The molecular formula is C21H27NO4. The summed E-state index contributed by atoms with van der Waals surface area (Å²) in [7, 11) is 3.35. The molecular weight excluding hydrogens is 330 g/mol. The predicted molar refractivity (Wildman–Crippen MR) is 102 cm³/mol. The van der Waals surface area contributed by atoms with Gasteiger partial charge in [-0.15, -0.1) is 0 Å². The Labute approximate surface area is 155 Å². The fourth-order valence-corrected chi connectivity index (χ4v) is 3.44. The Morgan fingerprint density at radius 2 is 1.62 bits per heavy atom. The predicted octanol–water partition coefficient (Wildman–Crippen LogP) is 3.74. The average Bonchev–Trinajstić information content (AvgIpc) is 2.68. The van der Waals surface area contributed by atoms with Crippen LogP contribution < -0.4 is 24.3 Å². The minimum atomic E-state index is 0.0366. The van der Waals surface area contributed by atoms with E-state index in [1.165, 1.54) is 11.1 Å². The lowest BCUT2D eigenvalue weighted by Crippen LogP contribution is -2.31. The first-order chi connectivity index (χ1) is 12.7. The summed E-state index contributed by atoms with van der Waals surface area (Å²) in [5.41, 5.74) is 3.56. The Bertz CT molecular complexity index is 760. The summed E-state index contributed by atoms with van der Waals surface area (Å²) in [5.74, 6) is 3.19. The third-order valence-electron chi connectivity index (χ3n) is 4.61.